The fourth-order valence-corrected chi connectivity index (χ4v) is 2.06. The van der Waals surface area contributed by atoms with Crippen molar-refractivity contribution in [3.63, 3.8) is 0 Å². The van der Waals surface area contributed by atoms with Crippen LogP contribution in [0.3, 0.4) is 0 Å². The monoisotopic (exact) mass is 289 g/mol. The highest BCUT2D eigenvalue weighted by Crippen LogP contribution is 2.20. The summed E-state index contributed by atoms with van der Waals surface area (Å²) in [6, 6.07) is 12.7. The Morgan fingerprint density at radius 1 is 1.30 bits per heavy atom. The van der Waals surface area contributed by atoms with Gasteiger partial charge in [-0.2, -0.15) is 0 Å². The molecule has 0 spiro atoms. The Balaban J connectivity index is 1.95. The molecule has 4 nitrogen and oxygen atoms in total. The summed E-state index contributed by atoms with van der Waals surface area (Å²) in [5, 5.41) is 3.09. The summed E-state index contributed by atoms with van der Waals surface area (Å²) in [7, 11) is 0. The molecule has 104 valence electrons. The number of carbonyl (C=O) groups excluding carboxylic acids is 1. The standard InChI is InChI=1S/C15H16ClN3O/c1-10(11-5-7-12(17)8-6-11)9-15(20)19-14-4-2-3-13(16)18-14/h2-8,10H,9,17H2,1H3,(H,18,19,20). The van der Waals surface area contributed by atoms with Crippen molar-refractivity contribution in [3.05, 3.63) is 53.2 Å². The number of anilines is 2. The molecule has 5 heteroatoms. The first-order chi connectivity index (χ1) is 9.54. The number of pyridine rings is 1. The van der Waals surface area contributed by atoms with Crippen molar-refractivity contribution >= 4 is 29.0 Å². The normalized spacial score (nSPS) is 11.9. The number of hydrogen-bond acceptors (Lipinski definition) is 3. The van der Waals surface area contributed by atoms with Gasteiger partial charge in [0.1, 0.15) is 11.0 Å². The van der Waals surface area contributed by atoms with Crippen molar-refractivity contribution in [1.29, 1.82) is 0 Å². The molecule has 1 atom stereocenters. The Morgan fingerprint density at radius 2 is 2.00 bits per heavy atom. The number of benzene rings is 1. The molecule has 20 heavy (non-hydrogen) atoms. The summed E-state index contributed by atoms with van der Waals surface area (Å²) >= 11 is 5.77. The van der Waals surface area contributed by atoms with Crippen molar-refractivity contribution in [2.45, 2.75) is 19.3 Å². The predicted octanol–water partition coefficient (Wildman–Crippen LogP) is 3.45. The molecule has 0 saturated carbocycles. The molecule has 2 aromatic rings. The molecule has 0 fully saturated rings. The van der Waals surface area contributed by atoms with E-state index in [9.17, 15) is 4.79 Å². The Labute approximate surface area is 123 Å². The number of nitrogens with zero attached hydrogens (tertiary/aromatic N) is 1. The van der Waals surface area contributed by atoms with Crippen LogP contribution in [0.25, 0.3) is 0 Å². The fourth-order valence-electron chi connectivity index (χ4n) is 1.89. The van der Waals surface area contributed by atoms with Crippen LogP contribution in [0.1, 0.15) is 24.8 Å². The maximum Gasteiger partial charge on any atom is 0.226 e. The first-order valence-corrected chi connectivity index (χ1v) is 6.70. The third kappa shape index (κ3) is 3.96. The van der Waals surface area contributed by atoms with E-state index in [-0.39, 0.29) is 11.8 Å². The average Bonchev–Trinajstić information content (AvgIpc) is 2.39. The molecular weight excluding hydrogens is 274 g/mol. The lowest BCUT2D eigenvalue weighted by Gasteiger charge is -2.12. The zero-order chi connectivity index (χ0) is 14.5. The van der Waals surface area contributed by atoms with E-state index in [4.69, 9.17) is 17.3 Å². The second kappa shape index (κ2) is 6.39. The highest BCUT2D eigenvalue weighted by molar-refractivity contribution is 6.29. The van der Waals surface area contributed by atoms with Gasteiger partial charge in [-0.05, 0) is 35.7 Å². The number of carbonyl (C=O) groups is 1. The summed E-state index contributed by atoms with van der Waals surface area (Å²) in [6.45, 7) is 2.00. The molecule has 3 N–H and O–H groups in total. The maximum atomic E-state index is 12.0. The molecule has 0 aliphatic heterocycles. The second-order valence-corrected chi connectivity index (χ2v) is 5.05. The van der Waals surface area contributed by atoms with Gasteiger partial charge in [-0.15, -0.1) is 0 Å². The van der Waals surface area contributed by atoms with Crippen LogP contribution >= 0.6 is 11.6 Å². The lowest BCUT2D eigenvalue weighted by atomic mass is 9.97. The van der Waals surface area contributed by atoms with Gasteiger partial charge in [0, 0.05) is 12.1 Å². The Hall–Kier alpha value is -2.07. The molecule has 2 rings (SSSR count). The van der Waals surface area contributed by atoms with Gasteiger partial charge in [0.15, 0.2) is 0 Å². The van der Waals surface area contributed by atoms with E-state index in [0.717, 1.165) is 5.56 Å². The number of nitrogens with two attached hydrogens (primary N) is 1. The molecule has 1 aromatic carbocycles. The van der Waals surface area contributed by atoms with Gasteiger partial charge in [-0.1, -0.05) is 36.7 Å². The summed E-state index contributed by atoms with van der Waals surface area (Å²) in [5.41, 5.74) is 7.44. The molecule has 0 saturated heterocycles. The minimum absolute atomic E-state index is 0.0934. The summed E-state index contributed by atoms with van der Waals surface area (Å²) < 4.78 is 0. The van der Waals surface area contributed by atoms with E-state index in [1.165, 1.54) is 0 Å². The number of nitrogen functional groups attached to an aromatic ring is 1. The number of amides is 1. The van der Waals surface area contributed by atoms with Crippen LogP contribution in [0, 0.1) is 0 Å². The summed E-state index contributed by atoms with van der Waals surface area (Å²) in [5.74, 6) is 0.478. The fraction of sp³-hybridized carbons (Fsp3) is 0.200. The number of rotatable bonds is 4. The van der Waals surface area contributed by atoms with Gasteiger partial charge < -0.3 is 11.1 Å². The smallest absolute Gasteiger partial charge is 0.226 e. The van der Waals surface area contributed by atoms with Gasteiger partial charge in [0.05, 0.1) is 0 Å². The molecule has 0 bridgehead atoms. The topological polar surface area (TPSA) is 68.0 Å². The molecule has 1 unspecified atom stereocenters. The van der Waals surface area contributed by atoms with Crippen LogP contribution in [-0.4, -0.2) is 10.9 Å². The molecule has 0 aliphatic rings. The first kappa shape index (κ1) is 14.3. The Bertz CT molecular complexity index is 598. The first-order valence-electron chi connectivity index (χ1n) is 6.32. The van der Waals surface area contributed by atoms with E-state index >= 15 is 0 Å². The van der Waals surface area contributed by atoms with Crippen molar-refractivity contribution in [1.82, 2.24) is 4.98 Å². The number of aromatic nitrogens is 1. The quantitative estimate of drug-likeness (QED) is 0.669. The van der Waals surface area contributed by atoms with E-state index in [1.54, 1.807) is 18.2 Å². The summed E-state index contributed by atoms with van der Waals surface area (Å²) in [6.07, 6.45) is 0.373. The largest absolute Gasteiger partial charge is 0.399 e. The third-order valence-electron chi connectivity index (χ3n) is 2.98. The second-order valence-electron chi connectivity index (χ2n) is 4.67. The van der Waals surface area contributed by atoms with E-state index in [0.29, 0.717) is 23.1 Å². The van der Waals surface area contributed by atoms with Crippen molar-refractivity contribution in [2.75, 3.05) is 11.1 Å². The SMILES string of the molecule is CC(CC(=O)Nc1cccc(Cl)n1)c1ccc(N)cc1. The molecule has 1 heterocycles. The van der Waals surface area contributed by atoms with Gasteiger partial charge in [-0.25, -0.2) is 4.98 Å². The van der Waals surface area contributed by atoms with Gasteiger partial charge >= 0.3 is 0 Å². The van der Waals surface area contributed by atoms with E-state index in [2.05, 4.69) is 10.3 Å². The van der Waals surface area contributed by atoms with Gasteiger partial charge in [0.2, 0.25) is 5.91 Å². The maximum absolute atomic E-state index is 12.0. The number of nitrogens with one attached hydrogen (secondary N) is 1. The molecule has 1 aromatic heterocycles. The Morgan fingerprint density at radius 3 is 2.65 bits per heavy atom. The van der Waals surface area contributed by atoms with Crippen LogP contribution in [-0.2, 0) is 4.79 Å². The zero-order valence-electron chi connectivity index (χ0n) is 11.1. The Kier molecular flexibility index (Phi) is 4.58. The number of hydrogen-bond donors (Lipinski definition) is 2. The van der Waals surface area contributed by atoms with E-state index in [1.807, 2.05) is 31.2 Å². The number of halogens is 1. The minimum atomic E-state index is -0.0934. The van der Waals surface area contributed by atoms with Crippen LogP contribution in [0.5, 0.6) is 0 Å². The highest BCUT2D eigenvalue weighted by atomic mass is 35.5. The predicted molar refractivity (Wildman–Crippen MR) is 81.8 cm³/mol. The average molecular weight is 290 g/mol. The summed E-state index contributed by atoms with van der Waals surface area (Å²) in [4.78, 5) is 16.0. The van der Waals surface area contributed by atoms with Crippen molar-refractivity contribution in [2.24, 2.45) is 0 Å². The molecular formula is C15H16ClN3O. The van der Waals surface area contributed by atoms with Crippen LogP contribution in [0.15, 0.2) is 42.5 Å². The lowest BCUT2D eigenvalue weighted by Crippen LogP contribution is -2.15. The van der Waals surface area contributed by atoms with Gasteiger partial charge in [-0.3, -0.25) is 4.79 Å². The molecule has 0 radical (unpaired) electrons. The van der Waals surface area contributed by atoms with Crippen LogP contribution in [0.4, 0.5) is 11.5 Å². The third-order valence-corrected chi connectivity index (χ3v) is 3.19. The van der Waals surface area contributed by atoms with E-state index < -0.39 is 0 Å². The van der Waals surface area contributed by atoms with Crippen molar-refractivity contribution in [3.8, 4) is 0 Å². The molecule has 1 amide bonds. The minimum Gasteiger partial charge on any atom is -0.399 e. The lowest BCUT2D eigenvalue weighted by molar-refractivity contribution is -0.116. The zero-order valence-corrected chi connectivity index (χ0v) is 11.9. The highest BCUT2D eigenvalue weighted by Gasteiger charge is 2.12. The molecule has 0 aliphatic carbocycles. The van der Waals surface area contributed by atoms with Crippen LogP contribution < -0.4 is 11.1 Å². The van der Waals surface area contributed by atoms with Crippen LogP contribution in [0.2, 0.25) is 5.15 Å². The van der Waals surface area contributed by atoms with Gasteiger partial charge in [0.25, 0.3) is 0 Å². The van der Waals surface area contributed by atoms with Crippen molar-refractivity contribution < 1.29 is 4.79 Å².